The number of nitrogens with zero attached hydrogens (tertiary/aromatic N) is 1. The van der Waals surface area contributed by atoms with Gasteiger partial charge in [0.2, 0.25) is 5.91 Å². The Bertz CT molecular complexity index is 1250. The molecule has 4 rings (SSSR count). The smallest absolute Gasteiger partial charge is 0.304 e. The van der Waals surface area contributed by atoms with Gasteiger partial charge in [0.15, 0.2) is 9.84 Å². The normalized spacial score (nSPS) is 25.6. The van der Waals surface area contributed by atoms with Crippen molar-refractivity contribution in [1.82, 2.24) is 4.90 Å². The van der Waals surface area contributed by atoms with Crippen LogP contribution in [0.4, 0.5) is 0 Å². The molecule has 2 fully saturated rings. The monoisotopic (exact) mass is 551 g/mol. The van der Waals surface area contributed by atoms with Crippen molar-refractivity contribution in [2.45, 2.75) is 57.5 Å². The van der Waals surface area contributed by atoms with Crippen LogP contribution in [0.5, 0.6) is 0 Å². The molecule has 0 aromatic heterocycles. The van der Waals surface area contributed by atoms with Gasteiger partial charge < -0.3 is 10.0 Å². The van der Waals surface area contributed by atoms with E-state index in [0.29, 0.717) is 16.5 Å². The highest BCUT2D eigenvalue weighted by Crippen LogP contribution is 2.54. The first kappa shape index (κ1) is 27.0. The fraction of sp³-hybridized carbons (Fsp3) is 0.481. The topological polar surface area (TPSA) is 91.8 Å². The van der Waals surface area contributed by atoms with Crippen LogP contribution < -0.4 is 0 Å². The van der Waals surface area contributed by atoms with Gasteiger partial charge in [-0.1, -0.05) is 61.3 Å². The molecule has 4 atom stereocenters. The summed E-state index contributed by atoms with van der Waals surface area (Å²) in [5, 5.41) is 10.8. The van der Waals surface area contributed by atoms with Crippen LogP contribution in [0.25, 0.3) is 0 Å². The fourth-order valence-electron chi connectivity index (χ4n) is 5.55. The Kier molecular flexibility index (Phi) is 7.75. The summed E-state index contributed by atoms with van der Waals surface area (Å²) in [7, 11) is -3.41. The van der Waals surface area contributed by atoms with Gasteiger partial charge in [0.25, 0.3) is 0 Å². The number of halogens is 2. The van der Waals surface area contributed by atoms with Crippen LogP contribution in [0.1, 0.15) is 62.6 Å². The van der Waals surface area contributed by atoms with Gasteiger partial charge in [-0.25, -0.2) is 8.42 Å². The van der Waals surface area contributed by atoms with E-state index in [4.69, 9.17) is 23.2 Å². The quantitative estimate of drug-likeness (QED) is 0.428. The third-order valence-corrected chi connectivity index (χ3v) is 9.74. The average Bonchev–Trinajstić information content (AvgIpc) is 3.65. The molecule has 2 aromatic rings. The molecule has 1 aliphatic heterocycles. The highest BCUT2D eigenvalue weighted by atomic mass is 35.5. The first-order valence-corrected chi connectivity index (χ1v) is 14.8. The number of rotatable bonds is 9. The van der Waals surface area contributed by atoms with Gasteiger partial charge in [0.05, 0.1) is 23.6 Å². The summed E-state index contributed by atoms with van der Waals surface area (Å²) < 4.78 is 25.7. The molecule has 1 saturated carbocycles. The zero-order valence-corrected chi connectivity index (χ0v) is 22.7. The number of benzene rings is 2. The Labute approximate surface area is 222 Å². The van der Waals surface area contributed by atoms with E-state index in [1.807, 2.05) is 30.3 Å². The Hall–Kier alpha value is -2.09. The van der Waals surface area contributed by atoms with Crippen molar-refractivity contribution >= 4 is 44.9 Å². The van der Waals surface area contributed by atoms with Gasteiger partial charge in [-0.2, -0.15) is 0 Å². The van der Waals surface area contributed by atoms with Crippen LogP contribution in [0, 0.1) is 11.3 Å². The van der Waals surface area contributed by atoms with E-state index < -0.39 is 33.3 Å². The maximum Gasteiger partial charge on any atom is 0.304 e. The number of sulfone groups is 1. The lowest BCUT2D eigenvalue weighted by Crippen LogP contribution is -2.58. The second-order valence-corrected chi connectivity index (χ2v) is 13.6. The van der Waals surface area contributed by atoms with E-state index in [0.717, 1.165) is 24.0 Å². The lowest BCUT2D eigenvalue weighted by Gasteiger charge is -2.52. The molecule has 1 aliphatic carbocycles. The zero-order chi connectivity index (χ0) is 26.3. The molecule has 0 spiro atoms. The lowest BCUT2D eigenvalue weighted by atomic mass is 9.67. The number of amides is 1. The number of hydrogen-bond acceptors (Lipinski definition) is 4. The molecule has 0 radical (unpaired) electrons. The van der Waals surface area contributed by atoms with Crippen LogP contribution in [0.2, 0.25) is 10.0 Å². The lowest BCUT2D eigenvalue weighted by molar-refractivity contribution is -0.160. The number of carbonyl (C=O) groups excluding carboxylic acids is 1. The van der Waals surface area contributed by atoms with E-state index in [2.05, 4.69) is 0 Å². The third-order valence-electron chi connectivity index (χ3n) is 7.52. The number of aliphatic carboxylic acids is 1. The number of carbonyl (C=O) groups is 2. The van der Waals surface area contributed by atoms with Crippen molar-refractivity contribution in [2.24, 2.45) is 11.3 Å². The van der Waals surface area contributed by atoms with E-state index in [1.165, 1.54) is 0 Å². The van der Waals surface area contributed by atoms with E-state index >= 15 is 0 Å². The molecule has 1 heterocycles. The molecule has 1 N–H and O–H groups in total. The van der Waals surface area contributed by atoms with Crippen molar-refractivity contribution in [3.63, 3.8) is 0 Å². The van der Waals surface area contributed by atoms with Crippen molar-refractivity contribution < 1.29 is 23.1 Å². The molecule has 1 amide bonds. The summed E-state index contributed by atoms with van der Waals surface area (Å²) >= 11 is 12.5. The van der Waals surface area contributed by atoms with Gasteiger partial charge in [-0.15, -0.1) is 0 Å². The summed E-state index contributed by atoms with van der Waals surface area (Å²) in [6, 6.07) is 13.6. The van der Waals surface area contributed by atoms with Crippen molar-refractivity contribution in [3.8, 4) is 0 Å². The van der Waals surface area contributed by atoms with Gasteiger partial charge >= 0.3 is 5.97 Å². The Balaban J connectivity index is 1.93. The molecular weight excluding hydrogens is 521 g/mol. The molecule has 2 aliphatic rings. The molecule has 9 heteroatoms. The molecule has 194 valence electrons. The highest BCUT2D eigenvalue weighted by molar-refractivity contribution is 7.91. The summed E-state index contributed by atoms with van der Waals surface area (Å²) in [5.41, 5.74) is 0.504. The van der Waals surface area contributed by atoms with Crippen LogP contribution >= 0.6 is 23.2 Å². The summed E-state index contributed by atoms with van der Waals surface area (Å²) in [5.74, 6) is -1.78. The zero-order valence-electron chi connectivity index (χ0n) is 20.4. The third kappa shape index (κ3) is 5.74. The molecule has 1 saturated heterocycles. The van der Waals surface area contributed by atoms with Crippen LogP contribution in [0.3, 0.4) is 0 Å². The molecule has 0 bridgehead atoms. The largest absolute Gasteiger partial charge is 0.481 e. The van der Waals surface area contributed by atoms with Crippen molar-refractivity contribution in [1.29, 1.82) is 0 Å². The Morgan fingerprint density at radius 1 is 1.11 bits per heavy atom. The minimum Gasteiger partial charge on any atom is -0.481 e. The van der Waals surface area contributed by atoms with Gasteiger partial charge in [-0.3, -0.25) is 9.59 Å². The molecule has 2 aromatic carbocycles. The van der Waals surface area contributed by atoms with Crippen LogP contribution in [-0.2, 0) is 19.4 Å². The molecule has 36 heavy (non-hydrogen) atoms. The van der Waals surface area contributed by atoms with Gasteiger partial charge in [0.1, 0.15) is 0 Å². The minimum absolute atomic E-state index is 0.0199. The Morgan fingerprint density at radius 3 is 2.33 bits per heavy atom. The highest BCUT2D eigenvalue weighted by Gasteiger charge is 2.55. The first-order chi connectivity index (χ1) is 16.9. The molecule has 6 nitrogen and oxygen atoms in total. The summed E-state index contributed by atoms with van der Waals surface area (Å²) in [4.78, 5) is 27.9. The van der Waals surface area contributed by atoms with Crippen molar-refractivity contribution in [2.75, 3.05) is 11.5 Å². The number of likely N-dealkylation sites (tertiary alicyclic amines) is 1. The fourth-order valence-corrected chi connectivity index (χ4v) is 7.06. The second-order valence-electron chi connectivity index (χ2n) is 10.3. The maximum absolute atomic E-state index is 14.2. The van der Waals surface area contributed by atoms with Gasteiger partial charge in [-0.05, 0) is 60.6 Å². The SMILES string of the molecule is CCS(=O)(=O)C[C@H](C1CC1)N1C(=O)[C@@](C)(CC(=O)O)C[C@H](c2cccc(Cl)c2)[C@H]1c1ccc(Cl)cc1. The van der Waals surface area contributed by atoms with E-state index in [-0.39, 0.29) is 35.7 Å². The number of carboxylic acid groups (broad SMARTS) is 1. The second kappa shape index (κ2) is 10.3. The average molecular weight is 553 g/mol. The predicted octanol–water partition coefficient (Wildman–Crippen LogP) is 5.74. The number of hydrogen-bond donors (Lipinski definition) is 1. The van der Waals surface area contributed by atoms with E-state index in [9.17, 15) is 23.1 Å². The molecular formula is C27H31Cl2NO5S. The van der Waals surface area contributed by atoms with Crippen molar-refractivity contribution in [3.05, 3.63) is 69.7 Å². The van der Waals surface area contributed by atoms with E-state index in [1.54, 1.807) is 36.9 Å². The van der Waals surface area contributed by atoms with Gasteiger partial charge in [0, 0.05) is 27.8 Å². The maximum atomic E-state index is 14.2. The standard InChI is InChI=1S/C27H31Cl2NO5S/c1-3-36(34,35)16-23(17-7-8-17)30-25(18-9-11-20(28)12-10-18)22(19-5-4-6-21(29)13-19)14-27(2,26(30)33)15-24(31)32/h4-6,9-13,17,22-23,25H,3,7-8,14-16H2,1-2H3,(H,31,32)/t22-,23-,25-,27-/m1/s1. The summed E-state index contributed by atoms with van der Waals surface area (Å²) in [6.45, 7) is 3.29. The molecule has 0 unspecified atom stereocenters. The number of carboxylic acids is 1. The first-order valence-electron chi connectivity index (χ1n) is 12.2. The van der Waals surface area contributed by atoms with Crippen LogP contribution in [0.15, 0.2) is 48.5 Å². The minimum atomic E-state index is -3.41. The number of piperidine rings is 1. The van der Waals surface area contributed by atoms with Crippen LogP contribution in [-0.4, -0.2) is 47.8 Å². The Morgan fingerprint density at radius 2 is 1.78 bits per heavy atom. The predicted molar refractivity (Wildman–Crippen MR) is 141 cm³/mol. The summed E-state index contributed by atoms with van der Waals surface area (Å²) in [6.07, 6.45) is 1.61.